The maximum absolute atomic E-state index is 13.7. The summed E-state index contributed by atoms with van der Waals surface area (Å²) in [6, 6.07) is 15.8. The van der Waals surface area contributed by atoms with Gasteiger partial charge in [0.05, 0.1) is 13.2 Å². The number of carbonyl (C=O) groups is 3. The summed E-state index contributed by atoms with van der Waals surface area (Å²) in [5.41, 5.74) is 1.47. The van der Waals surface area contributed by atoms with Crippen molar-refractivity contribution in [1.29, 1.82) is 0 Å². The van der Waals surface area contributed by atoms with Crippen molar-refractivity contribution >= 4 is 18.0 Å². The van der Waals surface area contributed by atoms with Crippen LogP contribution >= 0.6 is 0 Å². The Morgan fingerprint density at radius 2 is 1.82 bits per heavy atom. The highest BCUT2D eigenvalue weighted by Gasteiger charge is 2.51. The molecule has 1 heterocycles. The number of methoxy groups -OCH3 is 1. The zero-order valence-corrected chi connectivity index (χ0v) is 19.8. The van der Waals surface area contributed by atoms with Crippen molar-refractivity contribution in [3.05, 3.63) is 71.3 Å². The topological polar surface area (TPSA) is 105 Å². The molecular formula is C26H32N2O6. The average molecular weight is 469 g/mol. The van der Waals surface area contributed by atoms with Gasteiger partial charge in [-0.25, -0.2) is 9.59 Å². The lowest BCUT2D eigenvalue weighted by Crippen LogP contribution is -2.62. The predicted molar refractivity (Wildman–Crippen MR) is 126 cm³/mol. The van der Waals surface area contributed by atoms with Crippen LogP contribution in [0.25, 0.3) is 0 Å². The number of ether oxygens (including phenoxy) is 2. The van der Waals surface area contributed by atoms with Gasteiger partial charge >= 0.3 is 12.1 Å². The molecule has 0 spiro atoms. The van der Waals surface area contributed by atoms with E-state index < -0.39 is 35.7 Å². The summed E-state index contributed by atoms with van der Waals surface area (Å²) in [7, 11) is 1.19. The van der Waals surface area contributed by atoms with Crippen LogP contribution in [0.15, 0.2) is 54.6 Å². The van der Waals surface area contributed by atoms with Crippen LogP contribution in [0.4, 0.5) is 4.79 Å². The summed E-state index contributed by atoms with van der Waals surface area (Å²) in [6.07, 6.45) is -0.546. The fourth-order valence-electron chi connectivity index (χ4n) is 4.38. The maximum Gasteiger partial charge on any atom is 0.411 e. The molecule has 0 aliphatic carbocycles. The lowest BCUT2D eigenvalue weighted by Gasteiger charge is -2.38. The van der Waals surface area contributed by atoms with Crippen LogP contribution in [0, 0.1) is 6.92 Å². The van der Waals surface area contributed by atoms with Gasteiger partial charge in [-0.2, -0.15) is 0 Å². The van der Waals surface area contributed by atoms with Gasteiger partial charge in [-0.15, -0.1) is 0 Å². The standard InChI is InChI=1S/C26H32N2O6/c1-18-9-7-12-21(15-18)16-26(24(31)27-22(19(2)29)23(30)33-3)13-8-14-28(26)25(32)34-17-20-10-5-4-6-11-20/h4-7,9-12,15,19,22,29H,8,13-14,16-17H2,1-3H3,(H,27,31). The van der Waals surface area contributed by atoms with E-state index in [4.69, 9.17) is 9.47 Å². The molecule has 1 aliphatic rings. The zero-order valence-electron chi connectivity index (χ0n) is 19.8. The van der Waals surface area contributed by atoms with E-state index in [1.54, 1.807) is 0 Å². The van der Waals surface area contributed by atoms with Crippen LogP contribution in [0.1, 0.15) is 36.5 Å². The van der Waals surface area contributed by atoms with E-state index in [-0.39, 0.29) is 13.0 Å². The highest BCUT2D eigenvalue weighted by atomic mass is 16.6. The summed E-state index contributed by atoms with van der Waals surface area (Å²) in [5.74, 6) is -1.29. The number of benzene rings is 2. The summed E-state index contributed by atoms with van der Waals surface area (Å²) >= 11 is 0. The second-order valence-corrected chi connectivity index (χ2v) is 8.71. The van der Waals surface area contributed by atoms with Crippen LogP contribution in [-0.4, -0.2) is 59.3 Å². The fraction of sp³-hybridized carbons (Fsp3) is 0.423. The Kier molecular flexibility index (Phi) is 8.28. The van der Waals surface area contributed by atoms with E-state index in [0.29, 0.717) is 19.4 Å². The van der Waals surface area contributed by atoms with Crippen molar-refractivity contribution in [2.24, 2.45) is 0 Å². The molecule has 0 aromatic heterocycles. The van der Waals surface area contributed by atoms with Gasteiger partial charge in [0.2, 0.25) is 5.91 Å². The van der Waals surface area contributed by atoms with Gasteiger partial charge in [-0.3, -0.25) is 9.69 Å². The Morgan fingerprint density at radius 3 is 2.47 bits per heavy atom. The molecule has 2 amide bonds. The number of amides is 2. The minimum Gasteiger partial charge on any atom is -0.467 e. The molecule has 8 nitrogen and oxygen atoms in total. The Balaban J connectivity index is 1.90. The quantitative estimate of drug-likeness (QED) is 0.577. The lowest BCUT2D eigenvalue weighted by molar-refractivity contribution is -0.149. The number of nitrogens with one attached hydrogen (secondary N) is 1. The van der Waals surface area contributed by atoms with E-state index in [0.717, 1.165) is 16.7 Å². The Hall–Kier alpha value is -3.39. The van der Waals surface area contributed by atoms with Gasteiger partial charge in [-0.05, 0) is 37.8 Å². The van der Waals surface area contributed by atoms with Gasteiger partial charge in [0.15, 0.2) is 6.04 Å². The average Bonchev–Trinajstić information content (AvgIpc) is 3.25. The number of aliphatic hydroxyl groups excluding tert-OH is 1. The SMILES string of the molecule is COC(=O)C(NC(=O)C1(Cc2cccc(C)c2)CCCN1C(=O)OCc1ccccc1)C(C)O. The molecule has 0 saturated carbocycles. The lowest BCUT2D eigenvalue weighted by atomic mass is 9.86. The van der Waals surface area contributed by atoms with Crippen LogP contribution in [0.2, 0.25) is 0 Å². The second-order valence-electron chi connectivity index (χ2n) is 8.71. The normalized spacial score (nSPS) is 19.2. The van der Waals surface area contributed by atoms with Crippen molar-refractivity contribution < 1.29 is 29.0 Å². The first-order valence-corrected chi connectivity index (χ1v) is 11.4. The number of rotatable bonds is 8. The Morgan fingerprint density at radius 1 is 1.12 bits per heavy atom. The highest BCUT2D eigenvalue weighted by molar-refractivity contribution is 5.94. The number of hydrogen-bond donors (Lipinski definition) is 2. The number of nitrogens with zero attached hydrogens (tertiary/aromatic N) is 1. The molecule has 3 rings (SSSR count). The first-order chi connectivity index (χ1) is 16.3. The maximum atomic E-state index is 13.7. The van der Waals surface area contributed by atoms with Gasteiger partial charge in [0.1, 0.15) is 12.1 Å². The fourth-order valence-corrected chi connectivity index (χ4v) is 4.38. The van der Waals surface area contributed by atoms with Gasteiger partial charge in [-0.1, -0.05) is 60.2 Å². The Bertz CT molecular complexity index is 1010. The van der Waals surface area contributed by atoms with Gasteiger partial charge in [0.25, 0.3) is 0 Å². The van der Waals surface area contributed by atoms with Crippen LogP contribution in [-0.2, 0) is 32.1 Å². The number of aliphatic hydroxyl groups is 1. The van der Waals surface area contributed by atoms with E-state index in [9.17, 15) is 19.5 Å². The zero-order chi connectivity index (χ0) is 24.7. The van der Waals surface area contributed by atoms with Crippen LogP contribution < -0.4 is 5.32 Å². The molecule has 34 heavy (non-hydrogen) atoms. The first-order valence-electron chi connectivity index (χ1n) is 11.4. The molecule has 182 valence electrons. The molecule has 2 aromatic rings. The summed E-state index contributed by atoms with van der Waals surface area (Å²) in [6.45, 7) is 3.77. The van der Waals surface area contributed by atoms with Crippen LogP contribution in [0.3, 0.4) is 0 Å². The first kappa shape index (κ1) is 25.2. The van der Waals surface area contributed by atoms with Crippen molar-refractivity contribution in [1.82, 2.24) is 10.2 Å². The number of likely N-dealkylation sites (tertiary alicyclic amines) is 1. The molecule has 1 saturated heterocycles. The summed E-state index contributed by atoms with van der Waals surface area (Å²) in [4.78, 5) is 40.5. The molecular weight excluding hydrogens is 436 g/mol. The van der Waals surface area contributed by atoms with E-state index >= 15 is 0 Å². The molecule has 3 atom stereocenters. The molecule has 2 N–H and O–H groups in total. The molecule has 2 aromatic carbocycles. The molecule has 1 fully saturated rings. The van der Waals surface area contributed by atoms with Crippen molar-refractivity contribution in [3.8, 4) is 0 Å². The number of esters is 1. The second kappa shape index (κ2) is 11.2. The molecule has 8 heteroatoms. The molecule has 3 unspecified atom stereocenters. The highest BCUT2D eigenvalue weighted by Crippen LogP contribution is 2.34. The molecule has 1 aliphatic heterocycles. The third kappa shape index (κ3) is 5.75. The summed E-state index contributed by atoms with van der Waals surface area (Å²) in [5, 5.41) is 12.7. The van der Waals surface area contributed by atoms with Crippen molar-refractivity contribution in [3.63, 3.8) is 0 Å². The van der Waals surface area contributed by atoms with Crippen molar-refractivity contribution in [2.45, 2.75) is 57.4 Å². The number of aryl methyl sites for hydroxylation is 1. The third-order valence-corrected chi connectivity index (χ3v) is 6.14. The largest absolute Gasteiger partial charge is 0.467 e. The van der Waals surface area contributed by atoms with E-state index in [1.807, 2.05) is 61.5 Å². The minimum absolute atomic E-state index is 0.0801. The molecule has 0 radical (unpaired) electrons. The number of carbonyl (C=O) groups excluding carboxylic acids is 3. The van der Waals surface area contributed by atoms with E-state index in [1.165, 1.54) is 18.9 Å². The molecule has 0 bridgehead atoms. The smallest absolute Gasteiger partial charge is 0.411 e. The Labute approximate surface area is 199 Å². The van der Waals surface area contributed by atoms with Gasteiger partial charge < -0.3 is 19.9 Å². The monoisotopic (exact) mass is 468 g/mol. The minimum atomic E-state index is -1.28. The third-order valence-electron chi connectivity index (χ3n) is 6.14. The predicted octanol–water partition coefficient (Wildman–Crippen LogP) is 2.75. The number of hydrogen-bond acceptors (Lipinski definition) is 6. The van der Waals surface area contributed by atoms with E-state index in [2.05, 4.69) is 5.32 Å². The van der Waals surface area contributed by atoms with Crippen LogP contribution in [0.5, 0.6) is 0 Å². The summed E-state index contributed by atoms with van der Waals surface area (Å²) < 4.78 is 10.3. The van der Waals surface area contributed by atoms with Gasteiger partial charge in [0, 0.05) is 13.0 Å². The van der Waals surface area contributed by atoms with Crippen molar-refractivity contribution in [2.75, 3.05) is 13.7 Å².